The predicted octanol–water partition coefficient (Wildman–Crippen LogP) is 2.56. The molecule has 1 unspecified atom stereocenters. The van der Waals surface area contributed by atoms with Crippen LogP contribution in [0.3, 0.4) is 0 Å². The van der Waals surface area contributed by atoms with Crippen LogP contribution in [-0.2, 0) is 14.8 Å². The molecule has 0 fully saturated rings. The monoisotopic (exact) mass is 362 g/mol. The Hall–Kier alpha value is -2.38. The van der Waals surface area contributed by atoms with Crippen LogP contribution >= 0.6 is 0 Å². The second-order valence-electron chi connectivity index (χ2n) is 5.78. The first-order chi connectivity index (χ1) is 11.8. The van der Waals surface area contributed by atoms with E-state index in [1.165, 1.54) is 18.2 Å². The van der Waals surface area contributed by atoms with E-state index in [2.05, 4.69) is 10.0 Å². The van der Waals surface area contributed by atoms with E-state index in [1.807, 2.05) is 6.92 Å². The van der Waals surface area contributed by atoms with Gasteiger partial charge in [-0.05, 0) is 43.7 Å². The SMILES string of the molecule is COCC(C)NC(=O)c1ccc(C)c(NS(=O)(=O)c2ccccc2)c1. The highest BCUT2D eigenvalue weighted by Gasteiger charge is 2.17. The molecular weight excluding hydrogens is 340 g/mol. The lowest BCUT2D eigenvalue weighted by Crippen LogP contribution is -2.35. The van der Waals surface area contributed by atoms with Crippen LogP contribution in [0.5, 0.6) is 0 Å². The van der Waals surface area contributed by atoms with Crippen molar-refractivity contribution in [3.63, 3.8) is 0 Å². The van der Waals surface area contributed by atoms with E-state index in [9.17, 15) is 13.2 Å². The van der Waals surface area contributed by atoms with Crippen LogP contribution in [0, 0.1) is 6.92 Å². The summed E-state index contributed by atoms with van der Waals surface area (Å²) < 4.78 is 32.5. The highest BCUT2D eigenvalue weighted by atomic mass is 32.2. The third-order valence-electron chi connectivity index (χ3n) is 3.59. The van der Waals surface area contributed by atoms with E-state index >= 15 is 0 Å². The van der Waals surface area contributed by atoms with E-state index in [4.69, 9.17) is 4.74 Å². The molecule has 0 aliphatic heterocycles. The summed E-state index contributed by atoms with van der Waals surface area (Å²) in [6, 6.07) is 12.8. The van der Waals surface area contributed by atoms with Gasteiger partial charge in [-0.25, -0.2) is 8.42 Å². The van der Waals surface area contributed by atoms with Gasteiger partial charge in [0.1, 0.15) is 0 Å². The van der Waals surface area contributed by atoms with Crippen LogP contribution < -0.4 is 10.0 Å². The summed E-state index contributed by atoms with van der Waals surface area (Å²) >= 11 is 0. The van der Waals surface area contributed by atoms with Crippen molar-refractivity contribution in [2.75, 3.05) is 18.4 Å². The number of benzene rings is 2. The fourth-order valence-electron chi connectivity index (χ4n) is 2.28. The maximum atomic E-state index is 12.5. The number of sulfonamides is 1. The first-order valence-corrected chi connectivity index (χ1v) is 9.30. The number of rotatable bonds is 7. The average molecular weight is 362 g/mol. The molecule has 2 N–H and O–H groups in total. The van der Waals surface area contributed by atoms with Crippen molar-refractivity contribution in [2.24, 2.45) is 0 Å². The third kappa shape index (κ3) is 5.04. The van der Waals surface area contributed by atoms with Crippen LogP contribution in [0.1, 0.15) is 22.8 Å². The second kappa shape index (κ2) is 8.13. The molecule has 1 amide bonds. The molecule has 2 rings (SSSR count). The first-order valence-electron chi connectivity index (χ1n) is 7.82. The van der Waals surface area contributed by atoms with Gasteiger partial charge in [-0.1, -0.05) is 24.3 Å². The molecular formula is C18H22N2O4S. The van der Waals surface area contributed by atoms with Gasteiger partial charge < -0.3 is 10.1 Å². The Bertz CT molecular complexity index is 835. The summed E-state index contributed by atoms with van der Waals surface area (Å²) in [6.45, 7) is 4.00. The van der Waals surface area contributed by atoms with E-state index in [1.54, 1.807) is 44.4 Å². The molecule has 0 saturated heterocycles. The molecule has 0 aromatic heterocycles. The molecule has 25 heavy (non-hydrogen) atoms. The number of carbonyl (C=O) groups is 1. The fraction of sp³-hybridized carbons (Fsp3) is 0.278. The largest absolute Gasteiger partial charge is 0.383 e. The quantitative estimate of drug-likeness (QED) is 0.793. The summed E-state index contributed by atoms with van der Waals surface area (Å²) in [4.78, 5) is 12.4. The lowest BCUT2D eigenvalue weighted by molar-refractivity contribution is 0.0905. The summed E-state index contributed by atoms with van der Waals surface area (Å²) in [7, 11) is -2.15. The number of nitrogens with one attached hydrogen (secondary N) is 2. The zero-order chi connectivity index (χ0) is 18.4. The van der Waals surface area contributed by atoms with Crippen molar-refractivity contribution >= 4 is 21.6 Å². The van der Waals surface area contributed by atoms with Crippen molar-refractivity contribution in [3.8, 4) is 0 Å². The molecule has 0 bridgehead atoms. The molecule has 0 aliphatic carbocycles. The maximum Gasteiger partial charge on any atom is 0.261 e. The second-order valence-corrected chi connectivity index (χ2v) is 7.46. The molecule has 6 nitrogen and oxygen atoms in total. The molecule has 134 valence electrons. The number of ether oxygens (including phenoxy) is 1. The Morgan fingerprint density at radius 3 is 2.48 bits per heavy atom. The van der Waals surface area contributed by atoms with Gasteiger partial charge in [0, 0.05) is 18.7 Å². The van der Waals surface area contributed by atoms with Gasteiger partial charge in [-0.15, -0.1) is 0 Å². The molecule has 7 heteroatoms. The van der Waals surface area contributed by atoms with Gasteiger partial charge in [0.25, 0.3) is 15.9 Å². The minimum absolute atomic E-state index is 0.150. The van der Waals surface area contributed by atoms with E-state index in [-0.39, 0.29) is 16.8 Å². The summed E-state index contributed by atoms with van der Waals surface area (Å²) in [5.41, 5.74) is 1.47. The average Bonchev–Trinajstić information content (AvgIpc) is 2.57. The van der Waals surface area contributed by atoms with Crippen LogP contribution in [0.4, 0.5) is 5.69 Å². The molecule has 0 aliphatic rings. The normalized spacial score (nSPS) is 12.4. The standard InChI is InChI=1S/C18H22N2O4S/c1-13-9-10-15(18(21)19-14(2)12-24-3)11-17(13)20-25(22,23)16-7-5-4-6-8-16/h4-11,14,20H,12H2,1-3H3,(H,19,21). The highest BCUT2D eigenvalue weighted by Crippen LogP contribution is 2.21. The van der Waals surface area contributed by atoms with Crippen molar-refractivity contribution in [1.29, 1.82) is 0 Å². The number of hydrogen-bond acceptors (Lipinski definition) is 4. The van der Waals surface area contributed by atoms with Crippen LogP contribution in [0.15, 0.2) is 53.4 Å². The van der Waals surface area contributed by atoms with Crippen molar-refractivity contribution in [3.05, 3.63) is 59.7 Å². The fourth-order valence-corrected chi connectivity index (χ4v) is 3.42. The van der Waals surface area contributed by atoms with Crippen molar-refractivity contribution < 1.29 is 17.9 Å². The number of anilines is 1. The smallest absolute Gasteiger partial charge is 0.261 e. The van der Waals surface area contributed by atoms with Gasteiger partial charge in [0.15, 0.2) is 0 Å². The van der Waals surface area contributed by atoms with Crippen LogP contribution in [0.2, 0.25) is 0 Å². The van der Waals surface area contributed by atoms with E-state index in [0.29, 0.717) is 17.9 Å². The predicted molar refractivity (Wildman–Crippen MR) is 97.2 cm³/mol. The molecule has 2 aromatic rings. The van der Waals surface area contributed by atoms with E-state index in [0.717, 1.165) is 5.56 Å². The molecule has 0 saturated carbocycles. The minimum Gasteiger partial charge on any atom is -0.383 e. The Kier molecular flexibility index (Phi) is 6.17. The third-order valence-corrected chi connectivity index (χ3v) is 4.97. The summed E-state index contributed by atoms with van der Waals surface area (Å²) in [5.74, 6) is -0.287. The van der Waals surface area contributed by atoms with Gasteiger partial charge in [0.05, 0.1) is 17.2 Å². The van der Waals surface area contributed by atoms with Crippen molar-refractivity contribution in [1.82, 2.24) is 5.32 Å². The maximum absolute atomic E-state index is 12.5. The highest BCUT2D eigenvalue weighted by molar-refractivity contribution is 7.92. The lowest BCUT2D eigenvalue weighted by atomic mass is 10.1. The number of methoxy groups -OCH3 is 1. The molecule has 0 radical (unpaired) electrons. The zero-order valence-corrected chi connectivity index (χ0v) is 15.3. The number of carbonyl (C=O) groups excluding carboxylic acids is 1. The Balaban J connectivity index is 2.23. The number of hydrogen-bond donors (Lipinski definition) is 2. The summed E-state index contributed by atoms with van der Waals surface area (Å²) in [5, 5.41) is 2.80. The Morgan fingerprint density at radius 1 is 1.16 bits per heavy atom. The van der Waals surface area contributed by atoms with Crippen LogP contribution in [-0.4, -0.2) is 34.1 Å². The Labute approximate surface area is 148 Å². The summed E-state index contributed by atoms with van der Waals surface area (Å²) in [6.07, 6.45) is 0. The van der Waals surface area contributed by atoms with E-state index < -0.39 is 10.0 Å². The van der Waals surface area contributed by atoms with Gasteiger partial charge in [-0.2, -0.15) is 0 Å². The van der Waals surface area contributed by atoms with Gasteiger partial charge in [-0.3, -0.25) is 9.52 Å². The zero-order valence-electron chi connectivity index (χ0n) is 14.4. The number of amides is 1. The topological polar surface area (TPSA) is 84.5 Å². The van der Waals surface area contributed by atoms with Gasteiger partial charge in [0.2, 0.25) is 0 Å². The van der Waals surface area contributed by atoms with Gasteiger partial charge >= 0.3 is 0 Å². The van der Waals surface area contributed by atoms with Crippen molar-refractivity contribution in [2.45, 2.75) is 24.8 Å². The minimum atomic E-state index is -3.71. The molecule has 2 aromatic carbocycles. The Morgan fingerprint density at radius 2 is 1.84 bits per heavy atom. The molecule has 1 atom stereocenters. The molecule has 0 heterocycles. The lowest BCUT2D eigenvalue weighted by Gasteiger charge is -2.15. The number of aryl methyl sites for hydroxylation is 1. The molecule has 0 spiro atoms. The first kappa shape index (κ1) is 19.0. The van der Waals surface area contributed by atoms with Crippen LogP contribution in [0.25, 0.3) is 0 Å².